The van der Waals surface area contributed by atoms with Crippen molar-refractivity contribution in [3.8, 4) is 5.75 Å². The summed E-state index contributed by atoms with van der Waals surface area (Å²) in [6.07, 6.45) is 0.713. The van der Waals surface area contributed by atoms with Crippen LogP contribution in [0.25, 0.3) is 11.0 Å². The molecule has 0 bridgehead atoms. The number of aryl methyl sites for hydroxylation is 1. The zero-order chi connectivity index (χ0) is 11.7. The largest absolute Gasteiger partial charge is 0.508 e. The third kappa shape index (κ3) is 1.67. The van der Waals surface area contributed by atoms with Crippen molar-refractivity contribution in [2.75, 3.05) is 0 Å². The highest BCUT2D eigenvalue weighted by Crippen LogP contribution is 2.26. The van der Waals surface area contributed by atoms with Crippen molar-refractivity contribution in [1.29, 1.82) is 0 Å². The van der Waals surface area contributed by atoms with Crippen LogP contribution in [0.2, 0.25) is 0 Å². The van der Waals surface area contributed by atoms with Crippen LogP contribution in [-0.4, -0.2) is 5.11 Å². The zero-order valence-electron chi connectivity index (χ0n) is 8.99. The number of fused-ring (bicyclic) bond motifs is 1. The van der Waals surface area contributed by atoms with Crippen molar-refractivity contribution < 1.29 is 9.52 Å². The van der Waals surface area contributed by atoms with Crippen LogP contribution in [0, 0.1) is 0 Å². The number of aromatic hydroxyl groups is 1. The fourth-order valence-corrected chi connectivity index (χ4v) is 1.76. The Morgan fingerprint density at radius 3 is 2.69 bits per heavy atom. The van der Waals surface area contributed by atoms with Crippen LogP contribution < -0.4 is 11.4 Å². The molecule has 16 heavy (non-hydrogen) atoms. The molecule has 4 heteroatoms. The molecule has 84 valence electrons. The lowest BCUT2D eigenvalue weighted by atomic mass is 10.0. The van der Waals surface area contributed by atoms with Crippen molar-refractivity contribution in [3.05, 3.63) is 39.7 Å². The molecular weight excluding hydrogens is 206 g/mol. The molecule has 1 aromatic heterocycles. The second kappa shape index (κ2) is 3.98. The Balaban J connectivity index is 2.85. The Kier molecular flexibility index (Phi) is 2.66. The second-order valence-electron chi connectivity index (χ2n) is 3.63. The maximum atomic E-state index is 11.2. The highest BCUT2D eigenvalue weighted by molar-refractivity contribution is 5.82. The van der Waals surface area contributed by atoms with E-state index in [4.69, 9.17) is 10.2 Å². The normalized spacial score (nSPS) is 10.9. The van der Waals surface area contributed by atoms with Gasteiger partial charge in [-0.3, -0.25) is 0 Å². The van der Waals surface area contributed by atoms with E-state index < -0.39 is 5.63 Å². The first-order valence-corrected chi connectivity index (χ1v) is 5.14. The predicted octanol–water partition coefficient (Wildman–Crippen LogP) is 1.52. The molecule has 0 aliphatic heterocycles. The lowest BCUT2D eigenvalue weighted by Crippen LogP contribution is -2.05. The van der Waals surface area contributed by atoms with Gasteiger partial charge in [-0.25, -0.2) is 4.79 Å². The standard InChI is InChI=1S/C12H13NO3/c1-2-7-3-9-8(6-13)4-12(15)16-11(9)5-10(7)14/h3-5,14H,2,6,13H2,1H3. The molecule has 0 amide bonds. The molecule has 0 aliphatic rings. The average molecular weight is 219 g/mol. The van der Waals surface area contributed by atoms with Crippen LogP contribution in [0.5, 0.6) is 5.75 Å². The second-order valence-corrected chi connectivity index (χ2v) is 3.63. The molecule has 2 rings (SSSR count). The van der Waals surface area contributed by atoms with Crippen LogP contribution >= 0.6 is 0 Å². The van der Waals surface area contributed by atoms with Crippen LogP contribution in [-0.2, 0) is 13.0 Å². The molecule has 0 saturated carbocycles. The van der Waals surface area contributed by atoms with E-state index in [1.165, 1.54) is 12.1 Å². The third-order valence-corrected chi connectivity index (χ3v) is 2.63. The summed E-state index contributed by atoms with van der Waals surface area (Å²) < 4.78 is 5.01. The summed E-state index contributed by atoms with van der Waals surface area (Å²) >= 11 is 0. The van der Waals surface area contributed by atoms with Gasteiger partial charge in [0.2, 0.25) is 0 Å². The molecular formula is C12H13NO3. The first kappa shape index (κ1) is 10.7. The summed E-state index contributed by atoms with van der Waals surface area (Å²) in [7, 11) is 0. The maximum absolute atomic E-state index is 11.2. The number of hydrogen-bond acceptors (Lipinski definition) is 4. The monoisotopic (exact) mass is 219 g/mol. The van der Waals surface area contributed by atoms with E-state index in [1.807, 2.05) is 13.0 Å². The summed E-state index contributed by atoms with van der Waals surface area (Å²) in [5.41, 5.74) is 7.05. The zero-order valence-corrected chi connectivity index (χ0v) is 8.99. The van der Waals surface area contributed by atoms with Gasteiger partial charge in [0.05, 0.1) is 0 Å². The number of benzene rings is 1. The summed E-state index contributed by atoms with van der Waals surface area (Å²) in [4.78, 5) is 11.2. The van der Waals surface area contributed by atoms with E-state index in [-0.39, 0.29) is 12.3 Å². The molecule has 0 unspecified atom stereocenters. The van der Waals surface area contributed by atoms with Gasteiger partial charge in [0, 0.05) is 24.1 Å². The first-order valence-electron chi connectivity index (χ1n) is 5.14. The molecule has 0 radical (unpaired) electrons. The predicted molar refractivity (Wildman–Crippen MR) is 61.4 cm³/mol. The third-order valence-electron chi connectivity index (χ3n) is 2.63. The Morgan fingerprint density at radius 2 is 2.06 bits per heavy atom. The van der Waals surface area contributed by atoms with E-state index >= 15 is 0 Å². The van der Waals surface area contributed by atoms with Gasteiger partial charge in [0.25, 0.3) is 0 Å². The van der Waals surface area contributed by atoms with Crippen molar-refractivity contribution in [3.63, 3.8) is 0 Å². The molecule has 4 nitrogen and oxygen atoms in total. The van der Waals surface area contributed by atoms with Gasteiger partial charge in [-0.15, -0.1) is 0 Å². The van der Waals surface area contributed by atoms with Gasteiger partial charge in [-0.2, -0.15) is 0 Å². The minimum atomic E-state index is -0.448. The van der Waals surface area contributed by atoms with Crippen LogP contribution in [0.4, 0.5) is 0 Å². The minimum absolute atomic E-state index is 0.146. The van der Waals surface area contributed by atoms with Crippen LogP contribution in [0.3, 0.4) is 0 Å². The number of hydrogen-bond donors (Lipinski definition) is 2. The van der Waals surface area contributed by atoms with Crippen LogP contribution in [0.15, 0.2) is 27.4 Å². The van der Waals surface area contributed by atoms with Gasteiger partial charge in [-0.1, -0.05) is 6.92 Å². The lowest BCUT2D eigenvalue weighted by Gasteiger charge is -2.06. The van der Waals surface area contributed by atoms with Gasteiger partial charge >= 0.3 is 5.63 Å². The van der Waals surface area contributed by atoms with Crippen molar-refractivity contribution in [2.24, 2.45) is 5.73 Å². The maximum Gasteiger partial charge on any atom is 0.336 e. The van der Waals surface area contributed by atoms with Crippen molar-refractivity contribution >= 4 is 11.0 Å². The molecule has 0 spiro atoms. The summed E-state index contributed by atoms with van der Waals surface area (Å²) in [5.74, 6) is 0.146. The van der Waals surface area contributed by atoms with E-state index in [0.717, 1.165) is 16.5 Å². The van der Waals surface area contributed by atoms with E-state index in [0.29, 0.717) is 12.0 Å². The number of phenolic OH excluding ortho intramolecular Hbond substituents is 1. The van der Waals surface area contributed by atoms with Crippen LogP contribution in [0.1, 0.15) is 18.1 Å². The van der Waals surface area contributed by atoms with Gasteiger partial charge in [-0.05, 0) is 23.6 Å². The smallest absolute Gasteiger partial charge is 0.336 e. The quantitative estimate of drug-likeness (QED) is 0.751. The fraction of sp³-hybridized carbons (Fsp3) is 0.250. The molecule has 0 atom stereocenters. The number of phenols is 1. The highest BCUT2D eigenvalue weighted by Gasteiger charge is 2.08. The van der Waals surface area contributed by atoms with E-state index in [9.17, 15) is 9.90 Å². The molecule has 2 aromatic rings. The van der Waals surface area contributed by atoms with Gasteiger partial charge < -0.3 is 15.3 Å². The van der Waals surface area contributed by atoms with Gasteiger partial charge in [0.1, 0.15) is 11.3 Å². The first-order chi connectivity index (χ1) is 7.65. The Bertz CT molecular complexity index is 587. The van der Waals surface area contributed by atoms with Crippen molar-refractivity contribution in [1.82, 2.24) is 0 Å². The summed E-state index contributed by atoms with van der Waals surface area (Å²) in [5, 5.41) is 10.5. The molecule has 0 saturated heterocycles. The Labute approximate surface area is 92.3 Å². The minimum Gasteiger partial charge on any atom is -0.508 e. The summed E-state index contributed by atoms with van der Waals surface area (Å²) in [6.45, 7) is 2.22. The van der Waals surface area contributed by atoms with E-state index in [1.54, 1.807) is 0 Å². The number of nitrogens with two attached hydrogens (primary N) is 1. The van der Waals surface area contributed by atoms with Gasteiger partial charge in [0.15, 0.2) is 0 Å². The Morgan fingerprint density at radius 1 is 1.31 bits per heavy atom. The Hall–Kier alpha value is -1.81. The molecule has 1 aromatic carbocycles. The number of rotatable bonds is 2. The van der Waals surface area contributed by atoms with Crippen molar-refractivity contribution in [2.45, 2.75) is 19.9 Å². The lowest BCUT2D eigenvalue weighted by molar-refractivity contribution is 0.466. The highest BCUT2D eigenvalue weighted by atomic mass is 16.4. The topological polar surface area (TPSA) is 76.5 Å². The fourth-order valence-electron chi connectivity index (χ4n) is 1.76. The molecule has 0 aliphatic carbocycles. The average Bonchev–Trinajstić information content (AvgIpc) is 2.26. The SMILES string of the molecule is CCc1cc2c(CN)cc(=O)oc2cc1O. The molecule has 0 fully saturated rings. The molecule has 3 N–H and O–H groups in total. The van der Waals surface area contributed by atoms with E-state index in [2.05, 4.69) is 0 Å². The molecule has 1 heterocycles. The summed E-state index contributed by atoms with van der Waals surface area (Å²) in [6, 6.07) is 4.67.